The summed E-state index contributed by atoms with van der Waals surface area (Å²) in [6.07, 6.45) is 1.50. The largest absolute Gasteiger partial charge is 0.476 e. The molecule has 0 aliphatic carbocycles. The number of nitrogens with zero attached hydrogens (tertiary/aromatic N) is 3. The lowest BCUT2D eigenvalue weighted by Crippen LogP contribution is -1.97. The van der Waals surface area contributed by atoms with E-state index in [1.165, 1.54) is 6.20 Å². The third kappa shape index (κ3) is 2.43. The summed E-state index contributed by atoms with van der Waals surface area (Å²) in [4.78, 5) is 3.81. The minimum atomic E-state index is -0.0905. The highest BCUT2D eigenvalue weighted by Crippen LogP contribution is 2.20. The van der Waals surface area contributed by atoms with Crippen molar-refractivity contribution < 1.29 is 4.74 Å². The zero-order valence-corrected chi connectivity index (χ0v) is 8.08. The van der Waals surface area contributed by atoms with Crippen LogP contribution in [0.25, 0.3) is 0 Å². The number of pyridine rings is 1. The predicted molar refractivity (Wildman–Crippen MR) is 47.8 cm³/mol. The standard InChI is InChI=1S/C8H4BrN3O/c9-6-3-8(13-2-1-10)7(4-11)12-5-6/h3,5H,2H2. The minimum Gasteiger partial charge on any atom is -0.476 e. The van der Waals surface area contributed by atoms with Crippen LogP contribution in [0.1, 0.15) is 5.69 Å². The number of hydrogen-bond acceptors (Lipinski definition) is 4. The van der Waals surface area contributed by atoms with Gasteiger partial charge in [-0.1, -0.05) is 0 Å². The van der Waals surface area contributed by atoms with E-state index < -0.39 is 0 Å². The molecule has 0 aliphatic rings. The predicted octanol–water partition coefficient (Wildman–Crippen LogP) is 1.62. The second-order valence-corrected chi connectivity index (χ2v) is 2.97. The van der Waals surface area contributed by atoms with Crippen molar-refractivity contribution in [2.24, 2.45) is 0 Å². The van der Waals surface area contributed by atoms with E-state index >= 15 is 0 Å². The number of rotatable bonds is 2. The maximum absolute atomic E-state index is 8.62. The summed E-state index contributed by atoms with van der Waals surface area (Å²) in [5.41, 5.74) is 0.179. The van der Waals surface area contributed by atoms with Gasteiger partial charge in [-0.2, -0.15) is 10.5 Å². The molecule has 13 heavy (non-hydrogen) atoms. The van der Waals surface area contributed by atoms with Gasteiger partial charge in [0.1, 0.15) is 12.1 Å². The quantitative estimate of drug-likeness (QED) is 0.784. The number of hydrogen-bond donors (Lipinski definition) is 0. The van der Waals surface area contributed by atoms with Crippen molar-refractivity contribution in [2.75, 3.05) is 6.61 Å². The summed E-state index contributed by atoms with van der Waals surface area (Å²) >= 11 is 3.18. The Morgan fingerprint density at radius 1 is 1.54 bits per heavy atom. The maximum atomic E-state index is 8.62. The highest BCUT2D eigenvalue weighted by atomic mass is 79.9. The van der Waals surface area contributed by atoms with Crippen LogP contribution >= 0.6 is 15.9 Å². The maximum Gasteiger partial charge on any atom is 0.182 e. The lowest BCUT2D eigenvalue weighted by atomic mass is 10.3. The summed E-state index contributed by atoms with van der Waals surface area (Å²) in [7, 11) is 0. The Morgan fingerprint density at radius 2 is 2.31 bits per heavy atom. The molecule has 0 unspecified atom stereocenters. The van der Waals surface area contributed by atoms with Crippen LogP contribution in [0.15, 0.2) is 16.7 Å². The van der Waals surface area contributed by atoms with Crippen molar-refractivity contribution in [1.82, 2.24) is 4.98 Å². The molecule has 0 amide bonds. The molecule has 0 saturated heterocycles. The fourth-order valence-electron chi connectivity index (χ4n) is 0.725. The molecule has 0 fully saturated rings. The SMILES string of the molecule is N#CCOc1cc(Br)cnc1C#N. The summed E-state index contributed by atoms with van der Waals surface area (Å²) < 4.78 is 5.69. The van der Waals surface area contributed by atoms with Gasteiger partial charge in [-0.25, -0.2) is 4.98 Å². The highest BCUT2D eigenvalue weighted by Gasteiger charge is 2.04. The van der Waals surface area contributed by atoms with Gasteiger partial charge >= 0.3 is 0 Å². The first-order chi connectivity index (χ1) is 6.27. The van der Waals surface area contributed by atoms with E-state index in [2.05, 4.69) is 20.9 Å². The number of aromatic nitrogens is 1. The zero-order valence-electron chi connectivity index (χ0n) is 6.49. The van der Waals surface area contributed by atoms with Crippen molar-refractivity contribution in [3.63, 3.8) is 0 Å². The van der Waals surface area contributed by atoms with Gasteiger partial charge in [0.15, 0.2) is 18.1 Å². The van der Waals surface area contributed by atoms with Crippen LogP contribution < -0.4 is 4.74 Å². The van der Waals surface area contributed by atoms with Gasteiger partial charge in [-0.3, -0.25) is 0 Å². The molecule has 64 valence electrons. The second kappa shape index (κ2) is 4.44. The van der Waals surface area contributed by atoms with Gasteiger partial charge in [-0.05, 0) is 22.0 Å². The molecule has 1 aromatic rings. The van der Waals surface area contributed by atoms with Gasteiger partial charge in [-0.15, -0.1) is 0 Å². The number of halogens is 1. The summed E-state index contributed by atoms with van der Waals surface area (Å²) in [5.74, 6) is 0.318. The first kappa shape index (κ1) is 9.50. The van der Waals surface area contributed by atoms with Crippen LogP contribution in [0.4, 0.5) is 0 Å². The molecular weight excluding hydrogens is 234 g/mol. The van der Waals surface area contributed by atoms with Crippen molar-refractivity contribution in [3.05, 3.63) is 22.4 Å². The Labute approximate surface area is 83.5 Å². The third-order valence-corrected chi connectivity index (χ3v) is 1.65. The second-order valence-electron chi connectivity index (χ2n) is 2.06. The van der Waals surface area contributed by atoms with Crippen LogP contribution in [-0.4, -0.2) is 11.6 Å². The summed E-state index contributed by atoms with van der Waals surface area (Å²) in [5, 5.41) is 16.9. The lowest BCUT2D eigenvalue weighted by Gasteiger charge is -2.02. The van der Waals surface area contributed by atoms with Crippen molar-refractivity contribution >= 4 is 15.9 Å². The first-order valence-electron chi connectivity index (χ1n) is 3.33. The molecule has 5 heteroatoms. The normalized spacial score (nSPS) is 8.54. The van der Waals surface area contributed by atoms with E-state index in [0.29, 0.717) is 10.2 Å². The van der Waals surface area contributed by atoms with E-state index in [1.807, 2.05) is 12.1 Å². The molecule has 0 aliphatic heterocycles. The van der Waals surface area contributed by atoms with Gasteiger partial charge in [0.25, 0.3) is 0 Å². The van der Waals surface area contributed by atoms with Gasteiger partial charge in [0.05, 0.1) is 0 Å². The molecule has 0 N–H and O–H groups in total. The number of nitriles is 2. The molecule has 0 spiro atoms. The topological polar surface area (TPSA) is 69.7 Å². The average Bonchev–Trinajstić information content (AvgIpc) is 2.15. The molecule has 0 saturated carbocycles. The van der Waals surface area contributed by atoms with Gasteiger partial charge in [0, 0.05) is 10.7 Å². The molecular formula is C8H4BrN3O. The molecule has 4 nitrogen and oxygen atoms in total. The van der Waals surface area contributed by atoms with E-state index in [4.69, 9.17) is 15.3 Å². The Kier molecular flexibility index (Phi) is 3.24. The Hall–Kier alpha value is -1.59. The van der Waals surface area contributed by atoms with Gasteiger partial charge < -0.3 is 4.74 Å². The van der Waals surface area contributed by atoms with E-state index in [0.717, 1.165) is 0 Å². The molecule has 0 atom stereocenters. The van der Waals surface area contributed by atoms with Gasteiger partial charge in [0.2, 0.25) is 0 Å². The van der Waals surface area contributed by atoms with Crippen molar-refractivity contribution in [3.8, 4) is 17.9 Å². The monoisotopic (exact) mass is 237 g/mol. The fraction of sp³-hybridized carbons (Fsp3) is 0.125. The van der Waals surface area contributed by atoms with E-state index in [9.17, 15) is 0 Å². The molecule has 0 radical (unpaired) electrons. The lowest BCUT2D eigenvalue weighted by molar-refractivity contribution is 0.365. The summed E-state index contributed by atoms with van der Waals surface area (Å²) in [6.45, 7) is -0.0905. The smallest absolute Gasteiger partial charge is 0.182 e. The molecule has 1 aromatic heterocycles. The van der Waals surface area contributed by atoms with Crippen molar-refractivity contribution in [1.29, 1.82) is 10.5 Å². The summed E-state index contributed by atoms with van der Waals surface area (Å²) in [6, 6.07) is 5.28. The third-order valence-electron chi connectivity index (χ3n) is 1.22. The van der Waals surface area contributed by atoms with E-state index in [1.54, 1.807) is 6.07 Å². The molecule has 1 heterocycles. The average molecular weight is 238 g/mol. The van der Waals surface area contributed by atoms with E-state index in [-0.39, 0.29) is 12.3 Å². The van der Waals surface area contributed by atoms with Crippen molar-refractivity contribution in [2.45, 2.75) is 0 Å². The highest BCUT2D eigenvalue weighted by molar-refractivity contribution is 9.10. The van der Waals surface area contributed by atoms with Crippen LogP contribution in [0.5, 0.6) is 5.75 Å². The molecule has 0 bridgehead atoms. The Morgan fingerprint density at radius 3 is 2.92 bits per heavy atom. The van der Waals surface area contributed by atoms with Crippen LogP contribution in [-0.2, 0) is 0 Å². The van der Waals surface area contributed by atoms with Crippen LogP contribution in [0.2, 0.25) is 0 Å². The minimum absolute atomic E-state index is 0.0905. The Balaban J connectivity index is 2.97. The zero-order chi connectivity index (χ0) is 9.68. The molecule has 0 aromatic carbocycles. The Bertz CT molecular complexity index is 391. The molecule has 1 rings (SSSR count). The number of ether oxygens (including phenoxy) is 1. The fourth-order valence-corrected chi connectivity index (χ4v) is 1.04. The van der Waals surface area contributed by atoms with Crippen LogP contribution in [0.3, 0.4) is 0 Å². The van der Waals surface area contributed by atoms with Crippen LogP contribution in [0, 0.1) is 22.7 Å². The first-order valence-corrected chi connectivity index (χ1v) is 4.12.